The van der Waals surface area contributed by atoms with Crippen LogP contribution in [0.3, 0.4) is 0 Å². The third kappa shape index (κ3) is 3.39. The Kier molecular flexibility index (Phi) is 4.30. The molecular formula is C12H17N3OS. The van der Waals surface area contributed by atoms with Crippen LogP contribution < -0.4 is 5.32 Å². The summed E-state index contributed by atoms with van der Waals surface area (Å²) in [7, 11) is 4.01. The molecule has 1 N–H and O–H groups in total. The van der Waals surface area contributed by atoms with Crippen LogP contribution in [0.5, 0.6) is 0 Å². The van der Waals surface area contributed by atoms with E-state index in [0.717, 1.165) is 31.1 Å². The van der Waals surface area contributed by atoms with Gasteiger partial charge in [0.15, 0.2) is 0 Å². The predicted octanol–water partition coefficient (Wildman–Crippen LogP) is 2.09. The van der Waals surface area contributed by atoms with Gasteiger partial charge in [-0.15, -0.1) is 11.3 Å². The third-order valence-electron chi connectivity index (χ3n) is 2.53. The van der Waals surface area contributed by atoms with E-state index in [4.69, 9.17) is 4.42 Å². The summed E-state index contributed by atoms with van der Waals surface area (Å²) in [5.74, 6) is 1.03. The molecule has 2 rings (SSSR count). The van der Waals surface area contributed by atoms with E-state index in [1.54, 1.807) is 17.6 Å². The highest BCUT2D eigenvalue weighted by Gasteiger charge is 2.09. The Morgan fingerprint density at radius 3 is 3.06 bits per heavy atom. The van der Waals surface area contributed by atoms with E-state index in [1.165, 1.54) is 5.56 Å². The molecule has 0 spiro atoms. The van der Waals surface area contributed by atoms with Gasteiger partial charge in [-0.3, -0.25) is 4.90 Å². The number of thiazole rings is 1. The fourth-order valence-electron chi connectivity index (χ4n) is 1.75. The maximum Gasteiger partial charge on any atom is 0.122 e. The van der Waals surface area contributed by atoms with Gasteiger partial charge < -0.3 is 9.73 Å². The van der Waals surface area contributed by atoms with E-state index in [9.17, 15) is 0 Å². The van der Waals surface area contributed by atoms with Gasteiger partial charge in [-0.1, -0.05) is 0 Å². The minimum atomic E-state index is 0.807. The second-order valence-corrected chi connectivity index (χ2v) is 4.77. The van der Waals surface area contributed by atoms with Gasteiger partial charge in [0.25, 0.3) is 0 Å². The van der Waals surface area contributed by atoms with Crippen LogP contribution in [0.2, 0.25) is 0 Å². The normalized spacial score (nSPS) is 11.2. The maximum atomic E-state index is 5.51. The molecule has 0 aliphatic rings. The second kappa shape index (κ2) is 5.95. The Morgan fingerprint density at radius 1 is 1.47 bits per heavy atom. The van der Waals surface area contributed by atoms with Gasteiger partial charge in [-0.2, -0.15) is 0 Å². The molecule has 0 saturated carbocycles. The molecule has 0 fully saturated rings. The average molecular weight is 251 g/mol. The zero-order valence-electron chi connectivity index (χ0n) is 10.1. The number of hydrogen-bond donors (Lipinski definition) is 1. The quantitative estimate of drug-likeness (QED) is 0.853. The summed E-state index contributed by atoms with van der Waals surface area (Å²) in [4.78, 5) is 6.48. The first-order valence-corrected chi connectivity index (χ1v) is 6.49. The Morgan fingerprint density at radius 2 is 2.35 bits per heavy atom. The van der Waals surface area contributed by atoms with Crippen molar-refractivity contribution >= 4 is 11.3 Å². The number of nitrogens with one attached hydrogen (secondary N) is 1. The van der Waals surface area contributed by atoms with Crippen molar-refractivity contribution in [3.05, 3.63) is 40.2 Å². The standard InChI is InChI=1S/C12H17N3OS/c1-13-5-10-3-4-16-12(10)7-15(2)6-11-8-17-9-14-11/h3-4,8-9,13H,5-7H2,1-2H3. The fraction of sp³-hybridized carbons (Fsp3) is 0.417. The molecule has 0 unspecified atom stereocenters. The van der Waals surface area contributed by atoms with Crippen LogP contribution in [0.4, 0.5) is 0 Å². The van der Waals surface area contributed by atoms with Gasteiger partial charge in [-0.25, -0.2) is 4.98 Å². The lowest BCUT2D eigenvalue weighted by molar-refractivity contribution is 0.283. The molecule has 0 radical (unpaired) electrons. The van der Waals surface area contributed by atoms with Gasteiger partial charge in [0, 0.05) is 24.0 Å². The van der Waals surface area contributed by atoms with E-state index in [-0.39, 0.29) is 0 Å². The first-order valence-electron chi connectivity index (χ1n) is 5.55. The highest BCUT2D eigenvalue weighted by atomic mass is 32.1. The first kappa shape index (κ1) is 12.3. The van der Waals surface area contributed by atoms with Gasteiger partial charge in [0.2, 0.25) is 0 Å². The molecule has 0 atom stereocenters. The molecule has 4 nitrogen and oxygen atoms in total. The van der Waals surface area contributed by atoms with Crippen molar-refractivity contribution in [1.82, 2.24) is 15.2 Å². The summed E-state index contributed by atoms with van der Waals surface area (Å²) < 4.78 is 5.51. The molecule has 17 heavy (non-hydrogen) atoms. The molecule has 0 aliphatic heterocycles. The van der Waals surface area contributed by atoms with Gasteiger partial charge in [0.1, 0.15) is 5.76 Å². The monoisotopic (exact) mass is 251 g/mol. The molecule has 0 saturated heterocycles. The highest BCUT2D eigenvalue weighted by molar-refractivity contribution is 7.07. The number of furan rings is 1. The van der Waals surface area contributed by atoms with Crippen LogP contribution in [-0.4, -0.2) is 24.0 Å². The SMILES string of the molecule is CNCc1ccoc1CN(C)Cc1cscn1. The van der Waals surface area contributed by atoms with Crippen LogP contribution >= 0.6 is 11.3 Å². The molecule has 2 aromatic heterocycles. The molecule has 5 heteroatoms. The summed E-state index contributed by atoms with van der Waals surface area (Å²) in [5.41, 5.74) is 4.19. The van der Waals surface area contributed by atoms with E-state index in [1.807, 2.05) is 18.6 Å². The number of aromatic nitrogens is 1. The van der Waals surface area contributed by atoms with Crippen molar-refractivity contribution in [2.24, 2.45) is 0 Å². The lowest BCUT2D eigenvalue weighted by Gasteiger charge is -2.14. The van der Waals surface area contributed by atoms with E-state index >= 15 is 0 Å². The zero-order chi connectivity index (χ0) is 12.1. The molecule has 0 aliphatic carbocycles. The van der Waals surface area contributed by atoms with E-state index in [0.29, 0.717) is 0 Å². The molecule has 0 amide bonds. The predicted molar refractivity (Wildman–Crippen MR) is 68.8 cm³/mol. The van der Waals surface area contributed by atoms with Gasteiger partial charge >= 0.3 is 0 Å². The summed E-state index contributed by atoms with van der Waals surface area (Å²) in [6, 6.07) is 2.02. The maximum absolute atomic E-state index is 5.51. The van der Waals surface area contributed by atoms with Crippen LogP contribution in [0.15, 0.2) is 27.6 Å². The summed E-state index contributed by atoms with van der Waals surface area (Å²) in [6.07, 6.45) is 1.75. The van der Waals surface area contributed by atoms with Gasteiger partial charge in [-0.05, 0) is 20.2 Å². The largest absolute Gasteiger partial charge is 0.468 e. The van der Waals surface area contributed by atoms with Crippen molar-refractivity contribution in [3.63, 3.8) is 0 Å². The van der Waals surface area contributed by atoms with Crippen LogP contribution in [0, 0.1) is 0 Å². The summed E-state index contributed by atoms with van der Waals surface area (Å²) in [5, 5.41) is 5.22. The number of nitrogens with zero attached hydrogens (tertiary/aromatic N) is 2. The Labute approximate surface area is 105 Å². The summed E-state index contributed by atoms with van der Waals surface area (Å²) in [6.45, 7) is 2.50. The third-order valence-corrected chi connectivity index (χ3v) is 3.17. The lowest BCUT2D eigenvalue weighted by atomic mass is 10.2. The van der Waals surface area contributed by atoms with Crippen LogP contribution in [-0.2, 0) is 19.6 Å². The smallest absolute Gasteiger partial charge is 0.122 e. The fourth-order valence-corrected chi connectivity index (χ4v) is 2.30. The number of rotatable bonds is 6. The Hall–Kier alpha value is -1.17. The van der Waals surface area contributed by atoms with Crippen molar-refractivity contribution < 1.29 is 4.42 Å². The second-order valence-electron chi connectivity index (χ2n) is 4.05. The molecule has 2 heterocycles. The van der Waals surface area contributed by atoms with E-state index in [2.05, 4.69) is 27.6 Å². The van der Waals surface area contributed by atoms with Crippen LogP contribution in [0.1, 0.15) is 17.0 Å². The van der Waals surface area contributed by atoms with Crippen LogP contribution in [0.25, 0.3) is 0 Å². The molecule has 2 aromatic rings. The van der Waals surface area contributed by atoms with E-state index < -0.39 is 0 Å². The van der Waals surface area contributed by atoms with Crippen molar-refractivity contribution in [3.8, 4) is 0 Å². The van der Waals surface area contributed by atoms with Crippen molar-refractivity contribution in [2.45, 2.75) is 19.6 Å². The topological polar surface area (TPSA) is 41.3 Å². The number of hydrogen-bond acceptors (Lipinski definition) is 5. The Bertz CT molecular complexity index is 438. The zero-order valence-corrected chi connectivity index (χ0v) is 11.0. The molecule has 0 aromatic carbocycles. The lowest BCUT2D eigenvalue weighted by Crippen LogP contribution is -2.18. The molecule has 0 bridgehead atoms. The Balaban J connectivity index is 1.93. The minimum absolute atomic E-state index is 0.807. The van der Waals surface area contributed by atoms with Crippen molar-refractivity contribution in [1.29, 1.82) is 0 Å². The summed E-state index contributed by atoms with van der Waals surface area (Å²) >= 11 is 1.63. The minimum Gasteiger partial charge on any atom is -0.468 e. The van der Waals surface area contributed by atoms with Gasteiger partial charge in [0.05, 0.1) is 24.0 Å². The molecule has 92 valence electrons. The average Bonchev–Trinajstić information content (AvgIpc) is 2.92. The molecular weight excluding hydrogens is 234 g/mol. The van der Waals surface area contributed by atoms with Crippen molar-refractivity contribution in [2.75, 3.05) is 14.1 Å². The first-order chi connectivity index (χ1) is 8.29. The highest BCUT2D eigenvalue weighted by Crippen LogP contribution is 2.14.